The zero-order valence-corrected chi connectivity index (χ0v) is 10.4. The Kier molecular flexibility index (Phi) is 3.70. The first kappa shape index (κ1) is 12.4. The van der Waals surface area contributed by atoms with E-state index in [0.29, 0.717) is 12.2 Å². The third-order valence-corrected chi connectivity index (χ3v) is 3.37. The standard InChI is InChI=1S/C10H20N6O/c1-10(5-3-4-6-17-10)8(12-11)7-9-13-15-16(2)14-9/h8,12H,3-7,11H2,1-2H3. The van der Waals surface area contributed by atoms with Crippen LogP contribution in [0.3, 0.4) is 0 Å². The fourth-order valence-corrected chi connectivity index (χ4v) is 2.27. The largest absolute Gasteiger partial charge is 0.374 e. The lowest BCUT2D eigenvalue weighted by molar-refractivity contribution is -0.0888. The van der Waals surface area contributed by atoms with Crippen molar-refractivity contribution in [2.45, 2.75) is 44.2 Å². The van der Waals surface area contributed by atoms with Gasteiger partial charge in [0.2, 0.25) is 0 Å². The van der Waals surface area contributed by atoms with E-state index in [9.17, 15) is 0 Å². The summed E-state index contributed by atoms with van der Waals surface area (Å²) in [5.74, 6) is 6.32. The lowest BCUT2D eigenvalue weighted by Gasteiger charge is -2.39. The van der Waals surface area contributed by atoms with E-state index in [4.69, 9.17) is 10.6 Å². The van der Waals surface area contributed by atoms with Crippen LogP contribution in [0.25, 0.3) is 0 Å². The quantitative estimate of drug-likeness (QED) is 0.547. The van der Waals surface area contributed by atoms with Gasteiger partial charge < -0.3 is 4.74 Å². The number of nitrogens with two attached hydrogens (primary N) is 1. The minimum absolute atomic E-state index is 0.00648. The summed E-state index contributed by atoms with van der Waals surface area (Å²) in [6.07, 6.45) is 3.92. The summed E-state index contributed by atoms with van der Waals surface area (Å²) in [4.78, 5) is 1.45. The second kappa shape index (κ2) is 5.07. The summed E-state index contributed by atoms with van der Waals surface area (Å²) in [6.45, 7) is 2.88. The molecule has 0 aliphatic carbocycles. The first-order valence-electron chi connectivity index (χ1n) is 5.97. The molecule has 0 spiro atoms. The molecular weight excluding hydrogens is 220 g/mol. The summed E-state index contributed by atoms with van der Waals surface area (Å²) in [7, 11) is 1.75. The number of nitrogens with zero attached hydrogens (tertiary/aromatic N) is 4. The molecule has 2 unspecified atom stereocenters. The first-order valence-corrected chi connectivity index (χ1v) is 5.97. The van der Waals surface area contributed by atoms with Crippen molar-refractivity contribution in [2.24, 2.45) is 12.9 Å². The number of tetrazole rings is 1. The molecule has 2 heterocycles. The molecule has 17 heavy (non-hydrogen) atoms. The smallest absolute Gasteiger partial charge is 0.176 e. The molecular formula is C10H20N6O. The fraction of sp³-hybridized carbons (Fsp3) is 0.900. The Morgan fingerprint density at radius 3 is 2.94 bits per heavy atom. The Bertz CT molecular complexity index is 359. The van der Waals surface area contributed by atoms with Crippen molar-refractivity contribution in [2.75, 3.05) is 6.61 Å². The number of ether oxygens (including phenoxy) is 1. The van der Waals surface area contributed by atoms with Crippen LogP contribution in [0.1, 0.15) is 32.0 Å². The third kappa shape index (κ3) is 2.80. The molecule has 96 valence electrons. The molecule has 2 atom stereocenters. The second-order valence-corrected chi connectivity index (χ2v) is 4.74. The van der Waals surface area contributed by atoms with Gasteiger partial charge in [-0.3, -0.25) is 11.3 Å². The highest BCUT2D eigenvalue weighted by atomic mass is 16.5. The SMILES string of the molecule is Cn1nnc(CC(NN)C2(C)CCCCO2)n1. The molecule has 1 aliphatic rings. The van der Waals surface area contributed by atoms with Gasteiger partial charge >= 0.3 is 0 Å². The van der Waals surface area contributed by atoms with Crippen molar-refractivity contribution in [3.63, 3.8) is 0 Å². The van der Waals surface area contributed by atoms with Gasteiger partial charge in [-0.15, -0.1) is 10.2 Å². The van der Waals surface area contributed by atoms with Gasteiger partial charge in [0.1, 0.15) is 0 Å². The highest BCUT2D eigenvalue weighted by molar-refractivity contribution is 4.96. The van der Waals surface area contributed by atoms with E-state index in [1.807, 2.05) is 0 Å². The maximum absolute atomic E-state index is 5.87. The molecule has 0 radical (unpaired) electrons. The molecule has 1 fully saturated rings. The van der Waals surface area contributed by atoms with Gasteiger partial charge in [-0.05, 0) is 31.4 Å². The number of rotatable bonds is 4. The number of nitrogens with one attached hydrogen (secondary N) is 1. The highest BCUT2D eigenvalue weighted by Gasteiger charge is 2.37. The topological polar surface area (TPSA) is 90.9 Å². The van der Waals surface area contributed by atoms with Crippen LogP contribution in [0.4, 0.5) is 0 Å². The maximum Gasteiger partial charge on any atom is 0.176 e. The molecule has 7 heteroatoms. The molecule has 1 saturated heterocycles. The van der Waals surface area contributed by atoms with Crippen molar-refractivity contribution in [3.05, 3.63) is 5.82 Å². The van der Waals surface area contributed by atoms with Crippen molar-refractivity contribution < 1.29 is 4.74 Å². The van der Waals surface area contributed by atoms with E-state index in [-0.39, 0.29) is 11.6 Å². The van der Waals surface area contributed by atoms with Gasteiger partial charge in [0, 0.05) is 13.0 Å². The zero-order chi connectivity index (χ0) is 12.3. The van der Waals surface area contributed by atoms with E-state index in [0.717, 1.165) is 19.4 Å². The van der Waals surface area contributed by atoms with Crippen LogP contribution in [0.5, 0.6) is 0 Å². The van der Waals surface area contributed by atoms with Crippen LogP contribution >= 0.6 is 0 Å². The molecule has 2 rings (SSSR count). The van der Waals surface area contributed by atoms with E-state index in [2.05, 4.69) is 27.8 Å². The summed E-state index contributed by atoms with van der Waals surface area (Å²) in [5.41, 5.74) is 2.58. The molecule has 1 aromatic heterocycles. The second-order valence-electron chi connectivity index (χ2n) is 4.74. The highest BCUT2D eigenvalue weighted by Crippen LogP contribution is 2.28. The number of aromatic nitrogens is 4. The Morgan fingerprint density at radius 2 is 2.41 bits per heavy atom. The normalized spacial score (nSPS) is 27.0. The van der Waals surface area contributed by atoms with Crippen molar-refractivity contribution in [1.29, 1.82) is 0 Å². The molecule has 0 aromatic carbocycles. The van der Waals surface area contributed by atoms with Crippen LogP contribution in [0.15, 0.2) is 0 Å². The third-order valence-electron chi connectivity index (χ3n) is 3.37. The Morgan fingerprint density at radius 1 is 1.59 bits per heavy atom. The minimum Gasteiger partial charge on any atom is -0.374 e. The van der Waals surface area contributed by atoms with E-state index in [1.54, 1.807) is 7.05 Å². The summed E-state index contributed by atoms with van der Waals surface area (Å²) >= 11 is 0. The monoisotopic (exact) mass is 240 g/mol. The van der Waals surface area contributed by atoms with Gasteiger partial charge in [0.05, 0.1) is 18.7 Å². The van der Waals surface area contributed by atoms with Crippen molar-refractivity contribution >= 4 is 0 Å². The number of aryl methyl sites for hydroxylation is 1. The van der Waals surface area contributed by atoms with Crippen LogP contribution in [0, 0.1) is 0 Å². The minimum atomic E-state index is -0.244. The Labute approximate surface area is 101 Å². The average Bonchev–Trinajstić information content (AvgIpc) is 2.72. The van der Waals surface area contributed by atoms with Crippen LogP contribution in [-0.2, 0) is 18.2 Å². The van der Waals surface area contributed by atoms with Crippen LogP contribution in [0.2, 0.25) is 0 Å². The Balaban J connectivity index is 2.05. The van der Waals surface area contributed by atoms with Crippen molar-refractivity contribution in [3.8, 4) is 0 Å². The molecule has 0 bridgehead atoms. The van der Waals surface area contributed by atoms with E-state index >= 15 is 0 Å². The first-order chi connectivity index (χ1) is 8.14. The molecule has 7 nitrogen and oxygen atoms in total. The van der Waals surface area contributed by atoms with Gasteiger partial charge in [-0.1, -0.05) is 0 Å². The predicted molar refractivity (Wildman–Crippen MR) is 61.8 cm³/mol. The maximum atomic E-state index is 5.87. The molecule has 3 N–H and O–H groups in total. The number of hydrogen-bond acceptors (Lipinski definition) is 6. The van der Waals surface area contributed by atoms with Gasteiger partial charge in [0.25, 0.3) is 0 Å². The molecule has 0 saturated carbocycles. The number of hydrazine groups is 1. The summed E-state index contributed by atoms with van der Waals surface area (Å²) in [6, 6.07) is 0.00648. The molecule has 0 amide bonds. The Hall–Kier alpha value is -1.05. The van der Waals surface area contributed by atoms with E-state index < -0.39 is 0 Å². The molecule has 1 aromatic rings. The van der Waals surface area contributed by atoms with Gasteiger partial charge in [-0.2, -0.15) is 4.80 Å². The number of hydrogen-bond donors (Lipinski definition) is 2. The lowest BCUT2D eigenvalue weighted by Crippen LogP contribution is -2.55. The fourth-order valence-electron chi connectivity index (χ4n) is 2.27. The molecule has 1 aliphatic heterocycles. The van der Waals surface area contributed by atoms with E-state index in [1.165, 1.54) is 11.2 Å². The van der Waals surface area contributed by atoms with Crippen LogP contribution in [-0.4, -0.2) is 38.5 Å². The van der Waals surface area contributed by atoms with Gasteiger partial charge in [-0.25, -0.2) is 0 Å². The lowest BCUT2D eigenvalue weighted by atomic mass is 9.86. The van der Waals surface area contributed by atoms with Crippen LogP contribution < -0.4 is 11.3 Å². The van der Waals surface area contributed by atoms with Crippen molar-refractivity contribution in [1.82, 2.24) is 25.6 Å². The summed E-state index contributed by atoms with van der Waals surface area (Å²) < 4.78 is 5.87. The average molecular weight is 240 g/mol. The summed E-state index contributed by atoms with van der Waals surface area (Å²) in [5, 5.41) is 12.0. The van der Waals surface area contributed by atoms with Gasteiger partial charge in [0.15, 0.2) is 5.82 Å². The zero-order valence-electron chi connectivity index (χ0n) is 10.4. The predicted octanol–water partition coefficient (Wildman–Crippen LogP) is -0.456.